The first-order valence-electron chi connectivity index (χ1n) is 5.31. The van der Waals surface area contributed by atoms with Gasteiger partial charge in [0.25, 0.3) is 0 Å². The van der Waals surface area contributed by atoms with Gasteiger partial charge in [-0.25, -0.2) is 9.59 Å². The number of fused-ring (bicyclic) bond motifs is 1. The summed E-state index contributed by atoms with van der Waals surface area (Å²) in [7, 11) is 2.59. The van der Waals surface area contributed by atoms with Gasteiger partial charge in [-0.3, -0.25) is 0 Å². The maximum Gasteiger partial charge on any atom is 0.338 e. The van der Waals surface area contributed by atoms with Crippen molar-refractivity contribution in [3.63, 3.8) is 0 Å². The van der Waals surface area contributed by atoms with Crippen LogP contribution in [-0.2, 0) is 22.6 Å². The van der Waals surface area contributed by atoms with Crippen LogP contribution in [0, 0.1) is 0 Å². The topological polar surface area (TPSA) is 69.2 Å². The second-order valence-corrected chi connectivity index (χ2v) is 3.85. The van der Waals surface area contributed by atoms with Gasteiger partial charge in [0, 0.05) is 11.1 Å². The maximum absolute atomic E-state index is 11.6. The minimum atomic E-state index is -0.514. The van der Waals surface area contributed by atoms with Gasteiger partial charge in [0.2, 0.25) is 0 Å². The SMILES string of the molecule is COC(=O)c1cc2c(cc1C(=O)OC)C[NH2+]C2.[Cl-]. The van der Waals surface area contributed by atoms with E-state index in [2.05, 4.69) is 14.8 Å². The van der Waals surface area contributed by atoms with Crippen LogP contribution in [0.25, 0.3) is 0 Å². The summed E-state index contributed by atoms with van der Waals surface area (Å²) in [5.41, 5.74) is 2.68. The lowest BCUT2D eigenvalue weighted by Gasteiger charge is -2.07. The fraction of sp³-hybridized carbons (Fsp3) is 0.333. The Bertz CT molecular complexity index is 444. The molecule has 0 amide bonds. The standard InChI is InChI=1S/C12H13NO4.ClH/c1-16-11(14)9-3-7-5-13-6-8(7)4-10(9)12(15)17-2;/h3-4,13H,5-6H2,1-2H3;1H. The zero-order valence-corrected chi connectivity index (χ0v) is 10.9. The first-order valence-corrected chi connectivity index (χ1v) is 5.31. The van der Waals surface area contributed by atoms with Gasteiger partial charge >= 0.3 is 11.9 Å². The number of halogens is 1. The maximum atomic E-state index is 11.6. The van der Waals surface area contributed by atoms with E-state index in [0.29, 0.717) is 0 Å². The van der Waals surface area contributed by atoms with Crippen LogP contribution in [-0.4, -0.2) is 26.2 Å². The molecule has 0 aliphatic carbocycles. The van der Waals surface area contributed by atoms with E-state index < -0.39 is 11.9 Å². The van der Waals surface area contributed by atoms with Crippen LogP contribution in [0.1, 0.15) is 31.8 Å². The summed E-state index contributed by atoms with van der Waals surface area (Å²) in [5.74, 6) is -1.03. The molecule has 0 saturated carbocycles. The van der Waals surface area contributed by atoms with E-state index in [1.165, 1.54) is 14.2 Å². The summed E-state index contributed by atoms with van der Waals surface area (Å²) in [5, 5.41) is 2.10. The lowest BCUT2D eigenvalue weighted by atomic mass is 10.00. The van der Waals surface area contributed by atoms with Gasteiger partial charge in [-0.15, -0.1) is 0 Å². The normalized spacial score (nSPS) is 12.3. The van der Waals surface area contributed by atoms with Crippen LogP contribution in [0.3, 0.4) is 0 Å². The van der Waals surface area contributed by atoms with Crippen LogP contribution in [0.5, 0.6) is 0 Å². The summed E-state index contributed by atoms with van der Waals surface area (Å²) in [6.45, 7) is 1.64. The molecule has 1 aromatic rings. The number of benzene rings is 1. The lowest BCUT2D eigenvalue weighted by Crippen LogP contribution is -3.00. The Morgan fingerprint density at radius 1 is 1.00 bits per heavy atom. The quantitative estimate of drug-likeness (QED) is 0.577. The van der Waals surface area contributed by atoms with Crippen molar-refractivity contribution in [3.8, 4) is 0 Å². The van der Waals surface area contributed by atoms with Crippen molar-refractivity contribution >= 4 is 11.9 Å². The smallest absolute Gasteiger partial charge is 0.338 e. The predicted molar refractivity (Wildman–Crippen MR) is 58.5 cm³/mol. The van der Waals surface area contributed by atoms with Gasteiger partial charge in [-0.2, -0.15) is 0 Å². The highest BCUT2D eigenvalue weighted by Crippen LogP contribution is 2.20. The van der Waals surface area contributed by atoms with Crippen LogP contribution in [0.2, 0.25) is 0 Å². The molecule has 0 fully saturated rings. The number of carbonyl (C=O) groups excluding carboxylic acids is 2. The molecule has 98 valence electrons. The molecule has 1 aliphatic heterocycles. The fourth-order valence-corrected chi connectivity index (χ4v) is 2.01. The van der Waals surface area contributed by atoms with Gasteiger partial charge in [-0.1, -0.05) is 0 Å². The highest BCUT2D eigenvalue weighted by Gasteiger charge is 2.24. The van der Waals surface area contributed by atoms with E-state index in [9.17, 15) is 9.59 Å². The first kappa shape index (κ1) is 14.5. The molecular formula is C12H14ClNO4. The molecule has 0 radical (unpaired) electrons. The van der Waals surface area contributed by atoms with E-state index in [4.69, 9.17) is 0 Å². The number of hydrogen-bond donors (Lipinski definition) is 1. The van der Waals surface area contributed by atoms with Gasteiger partial charge in [-0.05, 0) is 12.1 Å². The Hall–Kier alpha value is -1.59. The van der Waals surface area contributed by atoms with Gasteiger partial charge in [0.1, 0.15) is 13.1 Å². The molecule has 0 saturated heterocycles. The largest absolute Gasteiger partial charge is 1.00 e. The molecule has 0 bridgehead atoms. The van der Waals surface area contributed by atoms with E-state index in [-0.39, 0.29) is 23.5 Å². The van der Waals surface area contributed by atoms with Crippen LogP contribution in [0.15, 0.2) is 12.1 Å². The Labute approximate surface area is 111 Å². The molecular weight excluding hydrogens is 258 g/mol. The molecule has 18 heavy (non-hydrogen) atoms. The summed E-state index contributed by atoms with van der Waals surface area (Å²) in [4.78, 5) is 23.2. The number of esters is 2. The lowest BCUT2D eigenvalue weighted by molar-refractivity contribution is -0.676. The van der Waals surface area contributed by atoms with Crippen molar-refractivity contribution in [3.05, 3.63) is 34.4 Å². The molecule has 0 atom stereocenters. The predicted octanol–water partition coefficient (Wildman–Crippen LogP) is -3.16. The van der Waals surface area contributed by atoms with Crippen LogP contribution in [0.4, 0.5) is 0 Å². The zero-order valence-electron chi connectivity index (χ0n) is 10.2. The number of ether oxygens (including phenoxy) is 2. The van der Waals surface area contributed by atoms with Crippen LogP contribution >= 0.6 is 0 Å². The number of methoxy groups -OCH3 is 2. The van der Waals surface area contributed by atoms with Gasteiger partial charge in [0.15, 0.2) is 0 Å². The molecule has 2 N–H and O–H groups in total. The third-order valence-electron chi connectivity index (χ3n) is 2.88. The molecule has 6 heteroatoms. The fourth-order valence-electron chi connectivity index (χ4n) is 2.01. The van der Waals surface area contributed by atoms with Crippen molar-refractivity contribution < 1.29 is 36.8 Å². The third kappa shape index (κ3) is 2.47. The molecule has 1 heterocycles. The Morgan fingerprint density at radius 3 is 1.72 bits per heavy atom. The monoisotopic (exact) mass is 271 g/mol. The molecule has 5 nitrogen and oxygen atoms in total. The molecule has 0 spiro atoms. The second kappa shape index (κ2) is 5.84. The van der Waals surface area contributed by atoms with E-state index in [1.807, 2.05) is 0 Å². The van der Waals surface area contributed by atoms with Gasteiger partial charge in [0.05, 0.1) is 25.3 Å². The number of hydrogen-bond acceptors (Lipinski definition) is 4. The highest BCUT2D eigenvalue weighted by atomic mass is 35.5. The van der Waals surface area contributed by atoms with Crippen molar-refractivity contribution in [1.29, 1.82) is 0 Å². The minimum Gasteiger partial charge on any atom is -1.00 e. The van der Waals surface area contributed by atoms with E-state index >= 15 is 0 Å². The number of nitrogens with two attached hydrogens (primary N) is 1. The molecule has 1 aliphatic rings. The number of rotatable bonds is 2. The average molecular weight is 272 g/mol. The minimum absolute atomic E-state index is 0. The molecule has 0 aromatic heterocycles. The van der Waals surface area contributed by atoms with Gasteiger partial charge < -0.3 is 27.2 Å². The van der Waals surface area contributed by atoms with Crippen molar-refractivity contribution in [1.82, 2.24) is 0 Å². The summed E-state index contributed by atoms with van der Waals surface area (Å²) < 4.78 is 9.35. The van der Waals surface area contributed by atoms with Crippen LogP contribution < -0.4 is 17.7 Å². The Kier molecular flexibility index (Phi) is 4.69. The van der Waals surface area contributed by atoms with E-state index in [1.54, 1.807) is 12.1 Å². The third-order valence-corrected chi connectivity index (χ3v) is 2.88. The Morgan fingerprint density at radius 2 is 1.39 bits per heavy atom. The summed E-state index contributed by atoms with van der Waals surface area (Å²) >= 11 is 0. The first-order chi connectivity index (χ1) is 8.17. The second-order valence-electron chi connectivity index (χ2n) is 3.85. The van der Waals surface area contributed by atoms with Crippen molar-refractivity contribution in [2.45, 2.75) is 13.1 Å². The summed E-state index contributed by atoms with van der Waals surface area (Å²) in [6.07, 6.45) is 0. The summed E-state index contributed by atoms with van der Waals surface area (Å²) in [6, 6.07) is 3.44. The Balaban J connectivity index is 0.00000162. The number of quaternary nitrogens is 1. The molecule has 1 aromatic carbocycles. The number of carbonyl (C=O) groups is 2. The van der Waals surface area contributed by atoms with E-state index in [0.717, 1.165) is 24.2 Å². The van der Waals surface area contributed by atoms with Crippen molar-refractivity contribution in [2.75, 3.05) is 14.2 Å². The molecule has 0 unspecified atom stereocenters. The van der Waals surface area contributed by atoms with Crippen molar-refractivity contribution in [2.24, 2.45) is 0 Å². The zero-order chi connectivity index (χ0) is 12.4. The average Bonchev–Trinajstić information content (AvgIpc) is 2.82. The molecule has 2 rings (SSSR count). The highest BCUT2D eigenvalue weighted by molar-refractivity contribution is 6.03.